The molecule has 14 heavy (non-hydrogen) atoms. The number of carbonyl (C=O) groups excluding carboxylic acids is 1. The number of thioether (sulfide) groups is 1. The Hall–Kier alpha value is -0.180. The van der Waals surface area contributed by atoms with Gasteiger partial charge in [-0.2, -0.15) is 0 Å². The lowest BCUT2D eigenvalue weighted by atomic mass is 10.3. The lowest BCUT2D eigenvalue weighted by Crippen LogP contribution is -2.21. The van der Waals surface area contributed by atoms with Crippen molar-refractivity contribution >= 4 is 17.7 Å². The number of unbranched alkanes of at least 4 members (excludes halogenated alkanes) is 2. The molecule has 0 bridgehead atoms. The maximum Gasteiger partial charge on any atom is 0.319 e. The van der Waals surface area contributed by atoms with E-state index in [1.54, 1.807) is 11.8 Å². The zero-order chi connectivity index (χ0) is 10.4. The first-order chi connectivity index (χ1) is 6.79. The van der Waals surface area contributed by atoms with Gasteiger partial charge < -0.3 is 4.74 Å². The predicted molar refractivity (Wildman–Crippen MR) is 60.5 cm³/mol. The lowest BCUT2D eigenvalue weighted by molar-refractivity contribution is -0.140. The normalized spacial score (nSPS) is 17.9. The number of hydrogen-bond donors (Lipinski definition) is 0. The van der Waals surface area contributed by atoms with Gasteiger partial charge in [-0.15, -0.1) is 11.8 Å². The molecule has 1 aliphatic carbocycles. The van der Waals surface area contributed by atoms with Crippen LogP contribution in [0, 0.1) is 5.92 Å². The van der Waals surface area contributed by atoms with Gasteiger partial charge in [0.25, 0.3) is 0 Å². The fourth-order valence-corrected chi connectivity index (χ4v) is 2.88. The van der Waals surface area contributed by atoms with E-state index < -0.39 is 0 Å². The molecular formula is C11H20O2S. The monoisotopic (exact) mass is 216 g/mol. The van der Waals surface area contributed by atoms with Gasteiger partial charge in [0.15, 0.2) is 0 Å². The Labute approximate surface area is 90.8 Å². The molecule has 0 aliphatic heterocycles. The van der Waals surface area contributed by atoms with Gasteiger partial charge in [-0.3, -0.25) is 4.79 Å². The number of esters is 1. The maximum absolute atomic E-state index is 11.4. The Kier molecular flexibility index (Phi) is 5.38. The average molecular weight is 216 g/mol. The van der Waals surface area contributed by atoms with E-state index in [9.17, 15) is 4.79 Å². The van der Waals surface area contributed by atoms with Crippen LogP contribution in [0.5, 0.6) is 0 Å². The van der Waals surface area contributed by atoms with Crippen LogP contribution in [-0.2, 0) is 9.53 Å². The average Bonchev–Trinajstić information content (AvgIpc) is 3.01. The van der Waals surface area contributed by atoms with E-state index in [0.717, 1.165) is 5.75 Å². The molecule has 1 unspecified atom stereocenters. The van der Waals surface area contributed by atoms with Gasteiger partial charge in [0.05, 0.1) is 7.11 Å². The van der Waals surface area contributed by atoms with Crippen molar-refractivity contribution in [3.8, 4) is 0 Å². The second-order valence-corrected chi connectivity index (χ2v) is 5.11. The number of hydrogen-bond acceptors (Lipinski definition) is 3. The second-order valence-electron chi connectivity index (χ2n) is 3.86. The molecule has 2 nitrogen and oxygen atoms in total. The van der Waals surface area contributed by atoms with Crippen LogP contribution < -0.4 is 0 Å². The van der Waals surface area contributed by atoms with Crippen LogP contribution in [0.3, 0.4) is 0 Å². The largest absolute Gasteiger partial charge is 0.468 e. The van der Waals surface area contributed by atoms with Crippen LogP contribution in [0.2, 0.25) is 0 Å². The van der Waals surface area contributed by atoms with Crippen LogP contribution in [-0.4, -0.2) is 24.1 Å². The van der Waals surface area contributed by atoms with Gasteiger partial charge in [-0.05, 0) is 30.9 Å². The molecule has 0 radical (unpaired) electrons. The Balaban J connectivity index is 2.18. The third-order valence-corrected chi connectivity index (χ3v) is 3.99. The fraction of sp³-hybridized carbons (Fsp3) is 0.909. The SMILES string of the molecule is CCCCCSC(C(=O)OC)C1CC1. The topological polar surface area (TPSA) is 26.3 Å². The first-order valence-electron chi connectivity index (χ1n) is 5.49. The summed E-state index contributed by atoms with van der Waals surface area (Å²) in [7, 11) is 1.49. The summed E-state index contributed by atoms with van der Waals surface area (Å²) in [6, 6.07) is 0. The van der Waals surface area contributed by atoms with Crippen molar-refractivity contribution < 1.29 is 9.53 Å². The van der Waals surface area contributed by atoms with E-state index in [4.69, 9.17) is 4.74 Å². The summed E-state index contributed by atoms with van der Waals surface area (Å²) < 4.78 is 4.81. The Morgan fingerprint density at radius 1 is 1.50 bits per heavy atom. The zero-order valence-electron chi connectivity index (χ0n) is 9.12. The quantitative estimate of drug-likeness (QED) is 0.483. The van der Waals surface area contributed by atoms with Gasteiger partial charge in [0, 0.05) is 0 Å². The minimum atomic E-state index is -0.0194. The lowest BCUT2D eigenvalue weighted by Gasteiger charge is -2.12. The molecule has 0 N–H and O–H groups in total. The molecule has 0 aromatic carbocycles. The number of rotatable bonds is 7. The summed E-state index contributed by atoms with van der Waals surface area (Å²) in [5.74, 6) is 1.69. The van der Waals surface area contributed by atoms with Crippen molar-refractivity contribution in [3.05, 3.63) is 0 Å². The molecule has 0 spiro atoms. The van der Waals surface area contributed by atoms with E-state index >= 15 is 0 Å². The van der Waals surface area contributed by atoms with Crippen LogP contribution in [0.4, 0.5) is 0 Å². The Morgan fingerprint density at radius 3 is 2.71 bits per heavy atom. The smallest absolute Gasteiger partial charge is 0.319 e. The number of methoxy groups -OCH3 is 1. The van der Waals surface area contributed by atoms with Gasteiger partial charge in [-0.1, -0.05) is 19.8 Å². The molecule has 0 amide bonds. The Bertz CT molecular complexity index is 178. The van der Waals surface area contributed by atoms with Crippen LogP contribution in [0.25, 0.3) is 0 Å². The van der Waals surface area contributed by atoms with Gasteiger partial charge in [-0.25, -0.2) is 0 Å². The summed E-state index contributed by atoms with van der Waals surface area (Å²) in [6.07, 6.45) is 6.15. The van der Waals surface area contributed by atoms with Crippen molar-refractivity contribution in [3.63, 3.8) is 0 Å². The number of ether oxygens (including phenoxy) is 1. The minimum absolute atomic E-state index is 0.0194. The highest BCUT2D eigenvalue weighted by molar-refractivity contribution is 8.00. The van der Waals surface area contributed by atoms with Gasteiger partial charge in [0.1, 0.15) is 5.25 Å². The summed E-state index contributed by atoms with van der Waals surface area (Å²) >= 11 is 1.79. The van der Waals surface area contributed by atoms with E-state index in [2.05, 4.69) is 6.92 Å². The molecule has 0 saturated heterocycles. The third kappa shape index (κ3) is 3.91. The van der Waals surface area contributed by atoms with Crippen molar-refractivity contribution in [1.82, 2.24) is 0 Å². The van der Waals surface area contributed by atoms with Gasteiger partial charge >= 0.3 is 5.97 Å². The molecule has 3 heteroatoms. The summed E-state index contributed by atoms with van der Waals surface area (Å²) in [5, 5.41) is 0.122. The summed E-state index contributed by atoms with van der Waals surface area (Å²) in [4.78, 5) is 11.4. The second kappa shape index (κ2) is 6.33. The molecular weight excluding hydrogens is 196 g/mol. The minimum Gasteiger partial charge on any atom is -0.468 e. The van der Waals surface area contributed by atoms with E-state index in [0.29, 0.717) is 5.92 Å². The zero-order valence-corrected chi connectivity index (χ0v) is 9.94. The molecule has 0 heterocycles. The van der Waals surface area contributed by atoms with E-state index in [1.807, 2.05) is 0 Å². The molecule has 1 fully saturated rings. The first-order valence-corrected chi connectivity index (χ1v) is 6.54. The van der Waals surface area contributed by atoms with Crippen molar-refractivity contribution in [2.24, 2.45) is 5.92 Å². The summed E-state index contributed by atoms with van der Waals surface area (Å²) in [5.41, 5.74) is 0. The molecule has 1 aliphatic rings. The van der Waals surface area contributed by atoms with Gasteiger partial charge in [0.2, 0.25) is 0 Å². The van der Waals surface area contributed by atoms with Crippen LogP contribution >= 0.6 is 11.8 Å². The van der Waals surface area contributed by atoms with Crippen LogP contribution in [0.15, 0.2) is 0 Å². The molecule has 0 aromatic rings. The van der Waals surface area contributed by atoms with Crippen molar-refractivity contribution in [2.75, 3.05) is 12.9 Å². The molecule has 1 atom stereocenters. The van der Waals surface area contributed by atoms with Crippen LogP contribution in [0.1, 0.15) is 39.0 Å². The highest BCUT2D eigenvalue weighted by Gasteiger charge is 2.36. The first kappa shape index (κ1) is 11.9. The molecule has 82 valence electrons. The van der Waals surface area contributed by atoms with E-state index in [-0.39, 0.29) is 11.2 Å². The Morgan fingerprint density at radius 2 is 2.21 bits per heavy atom. The standard InChI is InChI=1S/C11H20O2S/c1-3-4-5-8-14-10(9-6-7-9)11(12)13-2/h9-10H,3-8H2,1-2H3. The highest BCUT2D eigenvalue weighted by atomic mass is 32.2. The number of carbonyl (C=O) groups is 1. The molecule has 1 rings (SSSR count). The molecule has 0 aromatic heterocycles. The van der Waals surface area contributed by atoms with E-state index in [1.165, 1.54) is 39.2 Å². The molecule has 1 saturated carbocycles. The predicted octanol–water partition coefficient (Wildman–Crippen LogP) is 2.86. The summed E-state index contributed by atoms with van der Waals surface area (Å²) in [6.45, 7) is 2.20. The van der Waals surface area contributed by atoms with Crippen molar-refractivity contribution in [1.29, 1.82) is 0 Å². The third-order valence-electron chi connectivity index (χ3n) is 2.53. The fourth-order valence-electron chi connectivity index (χ4n) is 1.47. The van der Waals surface area contributed by atoms with Crippen molar-refractivity contribution in [2.45, 2.75) is 44.3 Å². The maximum atomic E-state index is 11.4. The highest BCUT2D eigenvalue weighted by Crippen LogP contribution is 2.39.